The minimum Gasteiger partial charge on any atom is -0.480 e. The number of carboxylic acid groups (broad SMARTS) is 1. The molecule has 1 unspecified atom stereocenters. The summed E-state index contributed by atoms with van der Waals surface area (Å²) in [7, 11) is 1.81. The molecule has 2 rings (SSSR count). The summed E-state index contributed by atoms with van der Waals surface area (Å²) in [4.78, 5) is 37.4. The second-order valence-corrected chi connectivity index (χ2v) is 6.50. The quantitative estimate of drug-likeness (QED) is 0.762. The lowest BCUT2D eigenvalue weighted by Gasteiger charge is -2.33. The summed E-state index contributed by atoms with van der Waals surface area (Å²) >= 11 is 0. The van der Waals surface area contributed by atoms with Crippen molar-refractivity contribution in [2.45, 2.75) is 39.3 Å². The SMILES string of the molecule is CC(C)C[C@@H](NC(=O)c1ccc2c(c1)NC(=O)C(C)N2C)C(=O)O. The van der Waals surface area contributed by atoms with Gasteiger partial charge < -0.3 is 20.6 Å². The number of carboxylic acids is 1. The van der Waals surface area contributed by atoms with Crippen molar-refractivity contribution in [2.24, 2.45) is 5.92 Å². The lowest BCUT2D eigenvalue weighted by molar-refractivity contribution is -0.139. The number of amides is 2. The van der Waals surface area contributed by atoms with Gasteiger partial charge in [0.15, 0.2) is 0 Å². The molecular weight excluding hydrogens is 310 g/mol. The molecule has 1 aromatic carbocycles. The number of carbonyl (C=O) groups excluding carboxylic acids is 2. The Morgan fingerprint density at radius 1 is 1.38 bits per heavy atom. The average Bonchev–Trinajstić information content (AvgIpc) is 2.51. The van der Waals surface area contributed by atoms with Crippen LogP contribution in [0, 0.1) is 5.92 Å². The number of anilines is 2. The minimum atomic E-state index is -1.06. The monoisotopic (exact) mass is 333 g/mol. The van der Waals surface area contributed by atoms with Crippen LogP contribution < -0.4 is 15.5 Å². The fraction of sp³-hybridized carbons (Fsp3) is 0.471. The number of nitrogens with zero attached hydrogens (tertiary/aromatic N) is 1. The second kappa shape index (κ2) is 6.90. The molecule has 0 aromatic heterocycles. The zero-order valence-corrected chi connectivity index (χ0v) is 14.3. The maximum atomic E-state index is 12.4. The van der Waals surface area contributed by atoms with Gasteiger partial charge in [-0.25, -0.2) is 4.79 Å². The summed E-state index contributed by atoms with van der Waals surface area (Å²) in [5, 5.41) is 14.5. The van der Waals surface area contributed by atoms with E-state index in [0.717, 1.165) is 5.69 Å². The van der Waals surface area contributed by atoms with Gasteiger partial charge in [0.1, 0.15) is 12.1 Å². The van der Waals surface area contributed by atoms with Crippen LogP contribution in [-0.4, -0.2) is 42.0 Å². The summed E-state index contributed by atoms with van der Waals surface area (Å²) in [6.45, 7) is 5.59. The highest BCUT2D eigenvalue weighted by atomic mass is 16.4. The van der Waals surface area contributed by atoms with Crippen molar-refractivity contribution < 1.29 is 19.5 Å². The molecule has 2 amide bonds. The van der Waals surface area contributed by atoms with Gasteiger partial charge in [-0.1, -0.05) is 13.8 Å². The number of rotatable bonds is 5. The number of benzene rings is 1. The summed E-state index contributed by atoms with van der Waals surface area (Å²) < 4.78 is 0. The van der Waals surface area contributed by atoms with Gasteiger partial charge in [-0.3, -0.25) is 9.59 Å². The molecule has 0 bridgehead atoms. The highest BCUT2D eigenvalue weighted by molar-refractivity contribution is 6.05. The average molecular weight is 333 g/mol. The van der Waals surface area contributed by atoms with E-state index in [0.29, 0.717) is 17.7 Å². The Balaban J connectivity index is 2.21. The number of hydrogen-bond donors (Lipinski definition) is 3. The Bertz CT molecular complexity index is 672. The smallest absolute Gasteiger partial charge is 0.326 e. The van der Waals surface area contributed by atoms with E-state index in [2.05, 4.69) is 10.6 Å². The molecule has 0 saturated heterocycles. The molecule has 7 nitrogen and oxygen atoms in total. The normalized spacial score (nSPS) is 18.0. The van der Waals surface area contributed by atoms with Crippen LogP contribution in [0.4, 0.5) is 11.4 Å². The molecule has 1 aromatic rings. The summed E-state index contributed by atoms with van der Waals surface area (Å²) in [6, 6.07) is 3.71. The summed E-state index contributed by atoms with van der Waals surface area (Å²) in [5.41, 5.74) is 1.67. The second-order valence-electron chi connectivity index (χ2n) is 6.50. The van der Waals surface area contributed by atoms with Crippen molar-refractivity contribution in [3.63, 3.8) is 0 Å². The molecule has 0 fully saturated rings. The zero-order chi connectivity index (χ0) is 18.0. The third kappa shape index (κ3) is 3.67. The van der Waals surface area contributed by atoms with Crippen LogP contribution in [0.5, 0.6) is 0 Å². The van der Waals surface area contributed by atoms with E-state index in [1.165, 1.54) is 0 Å². The van der Waals surface area contributed by atoms with Crippen molar-refractivity contribution in [3.05, 3.63) is 23.8 Å². The Morgan fingerprint density at radius 2 is 2.04 bits per heavy atom. The van der Waals surface area contributed by atoms with Gasteiger partial charge in [-0.15, -0.1) is 0 Å². The summed E-state index contributed by atoms with van der Waals surface area (Å²) in [5.74, 6) is -1.53. The number of carbonyl (C=O) groups is 3. The first-order chi connectivity index (χ1) is 11.2. The van der Waals surface area contributed by atoms with E-state index in [9.17, 15) is 19.5 Å². The van der Waals surface area contributed by atoms with Crippen molar-refractivity contribution in [3.8, 4) is 0 Å². The molecule has 2 atom stereocenters. The van der Waals surface area contributed by atoms with E-state index in [-0.39, 0.29) is 17.9 Å². The first-order valence-corrected chi connectivity index (χ1v) is 7.92. The molecule has 1 heterocycles. The molecule has 0 radical (unpaired) electrons. The van der Waals surface area contributed by atoms with Crippen LogP contribution in [0.1, 0.15) is 37.6 Å². The predicted molar refractivity (Wildman–Crippen MR) is 91.3 cm³/mol. The molecule has 0 aliphatic carbocycles. The maximum absolute atomic E-state index is 12.4. The highest BCUT2D eigenvalue weighted by Gasteiger charge is 2.28. The van der Waals surface area contributed by atoms with E-state index in [1.54, 1.807) is 25.1 Å². The third-order valence-electron chi connectivity index (χ3n) is 4.17. The molecule has 1 aliphatic heterocycles. The van der Waals surface area contributed by atoms with Crippen molar-refractivity contribution in [1.82, 2.24) is 5.32 Å². The molecule has 1 aliphatic rings. The lowest BCUT2D eigenvalue weighted by Crippen LogP contribution is -2.44. The number of fused-ring (bicyclic) bond motifs is 1. The number of aliphatic carboxylic acids is 1. The third-order valence-corrected chi connectivity index (χ3v) is 4.17. The first kappa shape index (κ1) is 17.8. The maximum Gasteiger partial charge on any atom is 0.326 e. The summed E-state index contributed by atoms with van der Waals surface area (Å²) in [6.07, 6.45) is 0.350. The van der Waals surface area contributed by atoms with Crippen LogP contribution in [0.2, 0.25) is 0 Å². The fourth-order valence-corrected chi connectivity index (χ4v) is 2.64. The molecule has 7 heteroatoms. The fourth-order valence-electron chi connectivity index (χ4n) is 2.64. The number of hydrogen-bond acceptors (Lipinski definition) is 4. The minimum absolute atomic E-state index is 0.143. The number of likely N-dealkylation sites (N-methyl/N-ethyl adjacent to an activating group) is 1. The van der Waals surface area contributed by atoms with E-state index < -0.39 is 17.9 Å². The Labute approximate surface area is 141 Å². The van der Waals surface area contributed by atoms with E-state index in [1.807, 2.05) is 25.8 Å². The van der Waals surface area contributed by atoms with Crippen LogP contribution in [-0.2, 0) is 9.59 Å². The molecule has 3 N–H and O–H groups in total. The van der Waals surface area contributed by atoms with Crippen molar-refractivity contribution >= 4 is 29.2 Å². The van der Waals surface area contributed by atoms with Gasteiger partial charge in [-0.2, -0.15) is 0 Å². The van der Waals surface area contributed by atoms with Crippen molar-refractivity contribution in [2.75, 3.05) is 17.3 Å². The predicted octanol–water partition coefficient (Wildman–Crippen LogP) is 1.69. The van der Waals surface area contributed by atoms with Gasteiger partial charge in [0.05, 0.1) is 11.4 Å². The van der Waals surface area contributed by atoms with E-state index >= 15 is 0 Å². The van der Waals surface area contributed by atoms with Crippen LogP contribution in [0.25, 0.3) is 0 Å². The largest absolute Gasteiger partial charge is 0.480 e. The van der Waals surface area contributed by atoms with Gasteiger partial charge in [0.25, 0.3) is 5.91 Å². The molecular formula is C17H23N3O4. The van der Waals surface area contributed by atoms with Gasteiger partial charge >= 0.3 is 5.97 Å². The molecule has 130 valence electrons. The van der Waals surface area contributed by atoms with Gasteiger partial charge in [0.2, 0.25) is 5.91 Å². The Hall–Kier alpha value is -2.57. The van der Waals surface area contributed by atoms with Crippen LogP contribution >= 0.6 is 0 Å². The van der Waals surface area contributed by atoms with Gasteiger partial charge in [-0.05, 0) is 37.5 Å². The zero-order valence-electron chi connectivity index (χ0n) is 14.3. The Morgan fingerprint density at radius 3 is 2.62 bits per heavy atom. The highest BCUT2D eigenvalue weighted by Crippen LogP contribution is 2.31. The number of nitrogens with one attached hydrogen (secondary N) is 2. The van der Waals surface area contributed by atoms with E-state index in [4.69, 9.17) is 0 Å². The van der Waals surface area contributed by atoms with Crippen LogP contribution in [0.15, 0.2) is 18.2 Å². The molecule has 0 spiro atoms. The Kier molecular flexibility index (Phi) is 5.11. The standard InChI is InChI=1S/C17H23N3O4/c1-9(2)7-13(17(23)24)19-16(22)11-5-6-14-12(8-11)18-15(21)10(3)20(14)4/h5-6,8-10,13H,7H2,1-4H3,(H,18,21)(H,19,22)(H,23,24)/t10?,13-/m1/s1. The van der Waals surface area contributed by atoms with Gasteiger partial charge in [0, 0.05) is 12.6 Å². The lowest BCUT2D eigenvalue weighted by atomic mass is 10.0. The molecule has 0 saturated carbocycles. The molecule has 24 heavy (non-hydrogen) atoms. The first-order valence-electron chi connectivity index (χ1n) is 7.92. The van der Waals surface area contributed by atoms with Crippen LogP contribution in [0.3, 0.4) is 0 Å². The van der Waals surface area contributed by atoms with Crippen molar-refractivity contribution in [1.29, 1.82) is 0 Å². The topological polar surface area (TPSA) is 98.7 Å².